The zero-order valence-corrected chi connectivity index (χ0v) is 13.8. The van der Waals surface area contributed by atoms with E-state index >= 15 is 0 Å². The topological polar surface area (TPSA) is 117 Å². The molecule has 0 aliphatic carbocycles. The lowest BCUT2D eigenvalue weighted by Crippen LogP contribution is -2.30. The van der Waals surface area contributed by atoms with Crippen molar-refractivity contribution in [3.63, 3.8) is 0 Å². The second kappa shape index (κ2) is 7.97. The average molecular weight is 357 g/mol. The molecule has 9 heteroatoms. The van der Waals surface area contributed by atoms with Gasteiger partial charge in [0.25, 0.3) is 17.7 Å². The third-order valence-corrected chi connectivity index (χ3v) is 3.30. The van der Waals surface area contributed by atoms with Gasteiger partial charge in [-0.3, -0.25) is 9.59 Å². The molecule has 2 heterocycles. The van der Waals surface area contributed by atoms with Crippen molar-refractivity contribution in [2.75, 3.05) is 13.7 Å². The highest BCUT2D eigenvalue weighted by atomic mass is 16.5. The lowest BCUT2D eigenvalue weighted by molar-refractivity contribution is -0.144. The van der Waals surface area contributed by atoms with Gasteiger partial charge in [-0.1, -0.05) is 0 Å². The van der Waals surface area contributed by atoms with Gasteiger partial charge in [-0.05, 0) is 36.4 Å². The number of esters is 1. The van der Waals surface area contributed by atoms with Crippen molar-refractivity contribution < 1.29 is 27.9 Å². The van der Waals surface area contributed by atoms with Gasteiger partial charge in [0, 0.05) is 5.56 Å². The number of hydrogen-bond donors (Lipinski definition) is 1. The van der Waals surface area contributed by atoms with Crippen LogP contribution in [0, 0.1) is 0 Å². The number of amides is 1. The van der Waals surface area contributed by atoms with Crippen LogP contribution < -0.4 is 10.1 Å². The van der Waals surface area contributed by atoms with Crippen molar-refractivity contribution in [3.8, 4) is 17.4 Å². The van der Waals surface area contributed by atoms with Gasteiger partial charge in [0.05, 0.1) is 13.4 Å². The number of carbonyl (C=O) groups is 2. The van der Waals surface area contributed by atoms with Crippen LogP contribution in [0.3, 0.4) is 0 Å². The molecule has 9 nitrogen and oxygen atoms in total. The minimum absolute atomic E-state index is 0.117. The van der Waals surface area contributed by atoms with E-state index in [1.54, 1.807) is 36.4 Å². The Kier molecular flexibility index (Phi) is 5.28. The maximum absolute atomic E-state index is 11.9. The number of methoxy groups -OCH3 is 1. The minimum atomic E-state index is -0.635. The first-order chi connectivity index (χ1) is 12.7. The van der Waals surface area contributed by atoms with Crippen molar-refractivity contribution in [1.82, 2.24) is 15.5 Å². The summed E-state index contributed by atoms with van der Waals surface area (Å²) in [5.41, 5.74) is 0.401. The van der Waals surface area contributed by atoms with Crippen LogP contribution in [-0.4, -0.2) is 35.7 Å². The molecule has 1 aromatic carbocycles. The Morgan fingerprint density at radius 1 is 1.15 bits per heavy atom. The summed E-state index contributed by atoms with van der Waals surface area (Å²) >= 11 is 0. The molecule has 134 valence electrons. The van der Waals surface area contributed by atoms with E-state index in [0.717, 1.165) is 0 Å². The number of rotatable bonds is 7. The third-order valence-electron chi connectivity index (χ3n) is 3.30. The first-order valence-electron chi connectivity index (χ1n) is 7.60. The third kappa shape index (κ3) is 4.26. The van der Waals surface area contributed by atoms with E-state index < -0.39 is 11.9 Å². The van der Waals surface area contributed by atoms with Crippen LogP contribution in [-0.2, 0) is 16.1 Å². The van der Waals surface area contributed by atoms with E-state index in [-0.39, 0.29) is 24.9 Å². The van der Waals surface area contributed by atoms with Crippen molar-refractivity contribution in [2.24, 2.45) is 0 Å². The SMILES string of the molecule is COc1ccc(C(=O)NCC(=O)OCc2nnc(-c3ccco3)o2)cc1. The molecule has 0 saturated carbocycles. The molecule has 0 bridgehead atoms. The van der Waals surface area contributed by atoms with E-state index in [1.165, 1.54) is 13.4 Å². The lowest BCUT2D eigenvalue weighted by atomic mass is 10.2. The molecule has 0 spiro atoms. The molecule has 3 aromatic rings. The van der Waals surface area contributed by atoms with E-state index in [1.807, 2.05) is 0 Å². The number of nitrogens with zero attached hydrogens (tertiary/aromatic N) is 2. The summed E-state index contributed by atoms with van der Waals surface area (Å²) in [6, 6.07) is 9.84. The standard InChI is InChI=1S/C17H15N3O6/c1-23-12-6-4-11(5-7-12)16(22)18-9-15(21)25-10-14-19-20-17(26-14)13-3-2-8-24-13/h2-8H,9-10H2,1H3,(H,18,22). The monoisotopic (exact) mass is 357 g/mol. The largest absolute Gasteiger partial charge is 0.497 e. The Hall–Kier alpha value is -3.62. The van der Waals surface area contributed by atoms with Gasteiger partial charge in [0.1, 0.15) is 12.3 Å². The fraction of sp³-hybridized carbons (Fsp3) is 0.176. The van der Waals surface area contributed by atoms with Gasteiger partial charge >= 0.3 is 5.97 Å². The number of ether oxygens (including phenoxy) is 2. The van der Waals surface area contributed by atoms with Gasteiger partial charge in [-0.2, -0.15) is 0 Å². The summed E-state index contributed by atoms with van der Waals surface area (Å²) in [6.07, 6.45) is 1.48. The van der Waals surface area contributed by atoms with E-state index in [2.05, 4.69) is 15.5 Å². The highest BCUT2D eigenvalue weighted by Crippen LogP contribution is 2.18. The van der Waals surface area contributed by atoms with Crippen LogP contribution in [0.4, 0.5) is 0 Å². The maximum atomic E-state index is 11.9. The predicted molar refractivity (Wildman–Crippen MR) is 87.1 cm³/mol. The van der Waals surface area contributed by atoms with Gasteiger partial charge in [0.15, 0.2) is 12.4 Å². The van der Waals surface area contributed by atoms with Crippen LogP contribution in [0.2, 0.25) is 0 Å². The molecule has 0 radical (unpaired) electrons. The first-order valence-corrected chi connectivity index (χ1v) is 7.60. The van der Waals surface area contributed by atoms with Gasteiger partial charge in [-0.25, -0.2) is 0 Å². The van der Waals surface area contributed by atoms with Crippen LogP contribution in [0.25, 0.3) is 11.7 Å². The Bertz CT molecular complexity index is 870. The normalized spacial score (nSPS) is 10.3. The van der Waals surface area contributed by atoms with E-state index in [9.17, 15) is 9.59 Å². The molecular weight excluding hydrogens is 342 g/mol. The fourth-order valence-corrected chi connectivity index (χ4v) is 2.00. The lowest BCUT2D eigenvalue weighted by Gasteiger charge is -2.06. The van der Waals surface area contributed by atoms with Gasteiger partial charge in [0.2, 0.25) is 0 Å². The highest BCUT2D eigenvalue weighted by molar-refractivity contribution is 5.96. The minimum Gasteiger partial charge on any atom is -0.497 e. The Morgan fingerprint density at radius 2 is 1.96 bits per heavy atom. The molecule has 0 saturated heterocycles. The van der Waals surface area contributed by atoms with Crippen LogP contribution in [0.15, 0.2) is 51.5 Å². The first kappa shape index (κ1) is 17.2. The molecule has 0 unspecified atom stereocenters. The zero-order chi connectivity index (χ0) is 18.4. The molecule has 0 aliphatic rings. The number of benzene rings is 1. The molecule has 1 amide bonds. The number of nitrogens with one attached hydrogen (secondary N) is 1. The Balaban J connectivity index is 1.44. The Morgan fingerprint density at radius 3 is 2.65 bits per heavy atom. The van der Waals surface area contributed by atoms with Gasteiger partial charge < -0.3 is 23.6 Å². The number of aromatic nitrogens is 2. The van der Waals surface area contributed by atoms with Crippen molar-refractivity contribution in [1.29, 1.82) is 0 Å². The maximum Gasteiger partial charge on any atom is 0.325 e. The molecule has 3 rings (SSSR count). The zero-order valence-electron chi connectivity index (χ0n) is 13.8. The van der Waals surface area contributed by atoms with Crippen LogP contribution >= 0.6 is 0 Å². The predicted octanol–water partition coefficient (Wildman–Crippen LogP) is 1.81. The molecule has 0 fully saturated rings. The second-order valence-electron chi connectivity index (χ2n) is 5.05. The molecule has 0 atom stereocenters. The smallest absolute Gasteiger partial charge is 0.325 e. The van der Waals surface area contributed by atoms with Crippen molar-refractivity contribution in [2.45, 2.75) is 6.61 Å². The fourth-order valence-electron chi connectivity index (χ4n) is 2.00. The van der Waals surface area contributed by atoms with Crippen LogP contribution in [0.1, 0.15) is 16.2 Å². The van der Waals surface area contributed by atoms with Crippen molar-refractivity contribution >= 4 is 11.9 Å². The summed E-state index contributed by atoms with van der Waals surface area (Å²) in [5.74, 6) is 0.323. The van der Waals surface area contributed by atoms with Crippen LogP contribution in [0.5, 0.6) is 5.75 Å². The molecule has 26 heavy (non-hydrogen) atoms. The molecule has 0 aliphatic heterocycles. The number of hydrogen-bond acceptors (Lipinski definition) is 8. The molecule has 1 N–H and O–H groups in total. The van der Waals surface area contributed by atoms with Gasteiger partial charge in [-0.15, -0.1) is 10.2 Å². The second-order valence-corrected chi connectivity index (χ2v) is 5.05. The molecule has 2 aromatic heterocycles. The number of carbonyl (C=O) groups excluding carboxylic acids is 2. The Labute approximate surface area is 147 Å². The average Bonchev–Trinajstić information content (AvgIpc) is 3.36. The number of furan rings is 1. The summed E-state index contributed by atoms with van der Waals surface area (Å²) in [4.78, 5) is 23.7. The summed E-state index contributed by atoms with van der Waals surface area (Å²) in [6.45, 7) is -0.491. The summed E-state index contributed by atoms with van der Waals surface area (Å²) in [5, 5.41) is 10.00. The quantitative estimate of drug-likeness (QED) is 0.636. The van der Waals surface area contributed by atoms with E-state index in [4.69, 9.17) is 18.3 Å². The van der Waals surface area contributed by atoms with E-state index in [0.29, 0.717) is 17.1 Å². The van der Waals surface area contributed by atoms with Crippen molar-refractivity contribution in [3.05, 3.63) is 54.1 Å². The molecular formula is C17H15N3O6. The highest BCUT2D eigenvalue weighted by Gasteiger charge is 2.13. The summed E-state index contributed by atoms with van der Waals surface area (Å²) < 4.78 is 20.4. The summed E-state index contributed by atoms with van der Waals surface area (Å²) in [7, 11) is 1.53.